The predicted octanol–water partition coefficient (Wildman–Crippen LogP) is 1.94. The van der Waals surface area contributed by atoms with Gasteiger partial charge >= 0.3 is 0 Å². The van der Waals surface area contributed by atoms with Gasteiger partial charge in [0.05, 0.1) is 5.69 Å². The Kier molecular flexibility index (Phi) is 2.23. The maximum Gasteiger partial charge on any atom is 0.214 e. The lowest BCUT2D eigenvalue weighted by Crippen LogP contribution is -1.93. The zero-order valence-corrected chi connectivity index (χ0v) is 7.09. The lowest BCUT2D eigenvalue weighted by molar-refractivity contribution is 0.580. The molecular formula is C7H3FIN. The maximum atomic E-state index is 12.4. The Hall–Kier alpha value is -0.190. The second-order valence-corrected chi connectivity index (χ2v) is 2.89. The number of nitrogens with zero attached hydrogens (tertiary/aromatic N) is 1. The van der Waals surface area contributed by atoms with Gasteiger partial charge in [-0.25, -0.2) is 4.98 Å². The summed E-state index contributed by atoms with van der Waals surface area (Å²) in [5.74, 6) is -0.601. The molecule has 0 aromatic carbocycles. The van der Waals surface area contributed by atoms with Gasteiger partial charge in [-0.1, -0.05) is 0 Å². The Bertz CT molecular complexity index is 237. The van der Waals surface area contributed by atoms with Gasteiger partial charge < -0.3 is 0 Å². The number of rotatable bonds is 0. The molecule has 0 aliphatic carbocycles. The molecule has 0 atom stereocenters. The lowest BCUT2D eigenvalue weighted by Gasteiger charge is -1.99. The van der Waals surface area contributed by atoms with Crippen LogP contribution in [0.2, 0.25) is 0 Å². The molecule has 0 spiro atoms. The predicted molar refractivity (Wildman–Crippen MR) is 43.7 cm³/mol. The van der Waals surface area contributed by atoms with Gasteiger partial charge in [0.1, 0.15) is 0 Å². The third-order valence-electron chi connectivity index (χ3n) is 1.01. The van der Waals surface area contributed by atoms with Crippen LogP contribution in [0.3, 0.4) is 0 Å². The molecule has 0 aliphatic rings. The molecule has 1 aromatic rings. The van der Waals surface area contributed by atoms with E-state index >= 15 is 0 Å². The van der Waals surface area contributed by atoms with E-state index in [1.807, 2.05) is 22.6 Å². The summed E-state index contributed by atoms with van der Waals surface area (Å²) >= 11 is 1.89. The molecule has 0 fully saturated rings. The zero-order valence-electron chi connectivity index (χ0n) is 4.94. The van der Waals surface area contributed by atoms with Crippen LogP contribution in [0.15, 0.2) is 6.07 Å². The summed E-state index contributed by atoms with van der Waals surface area (Å²) in [6, 6.07) is 1.23. The van der Waals surface area contributed by atoms with E-state index in [1.165, 1.54) is 6.07 Å². The van der Waals surface area contributed by atoms with Gasteiger partial charge in [-0.15, -0.1) is 0 Å². The highest BCUT2D eigenvalue weighted by atomic mass is 127. The number of pyridine rings is 1. The largest absolute Gasteiger partial charge is 0.224 e. The van der Waals surface area contributed by atoms with Crippen molar-refractivity contribution in [2.45, 2.75) is 0 Å². The average Bonchev–Trinajstić information content (AvgIpc) is 1.82. The van der Waals surface area contributed by atoms with Crippen LogP contribution in [0, 0.1) is 23.4 Å². The summed E-state index contributed by atoms with van der Waals surface area (Å²) in [6.07, 6.45) is 0. The monoisotopic (exact) mass is 247 g/mol. The van der Waals surface area contributed by atoms with Crippen LogP contribution in [-0.2, 0) is 0 Å². The fourth-order valence-electron chi connectivity index (χ4n) is 0.512. The van der Waals surface area contributed by atoms with Gasteiger partial charge in [-0.05, 0) is 28.2 Å². The molecule has 50 valence electrons. The summed E-state index contributed by atoms with van der Waals surface area (Å²) in [5, 5.41) is 0. The Morgan fingerprint density at radius 1 is 1.50 bits per heavy atom. The Morgan fingerprint density at radius 2 is 2.10 bits per heavy atom. The number of aromatic nitrogens is 1. The minimum Gasteiger partial charge on any atom is -0.224 e. The smallest absolute Gasteiger partial charge is 0.214 e. The van der Waals surface area contributed by atoms with Crippen LogP contribution in [0.25, 0.3) is 0 Å². The normalized spacial score (nSPS) is 10.0. The van der Waals surface area contributed by atoms with Crippen molar-refractivity contribution in [1.29, 1.82) is 0 Å². The van der Waals surface area contributed by atoms with Crippen LogP contribution in [-0.4, -0.2) is 4.98 Å². The van der Waals surface area contributed by atoms with Gasteiger partial charge in [0.15, 0.2) is 0 Å². The summed E-state index contributed by atoms with van der Waals surface area (Å²) in [7, 11) is 0. The topological polar surface area (TPSA) is 12.9 Å². The fraction of sp³-hybridized carbons (Fsp3) is 0. The molecule has 3 heteroatoms. The number of hydrogen-bond donors (Lipinski definition) is 0. The molecular weight excluding hydrogens is 244 g/mol. The van der Waals surface area contributed by atoms with Gasteiger partial charge in [0, 0.05) is 23.5 Å². The van der Waals surface area contributed by atoms with E-state index in [1.54, 1.807) is 0 Å². The van der Waals surface area contributed by atoms with Gasteiger partial charge in [0.25, 0.3) is 0 Å². The van der Waals surface area contributed by atoms with Crippen molar-refractivity contribution < 1.29 is 4.39 Å². The highest BCUT2D eigenvalue weighted by Gasteiger charge is 2.01. The van der Waals surface area contributed by atoms with E-state index in [4.69, 9.17) is 13.8 Å². The highest BCUT2D eigenvalue weighted by Crippen LogP contribution is 2.13. The van der Waals surface area contributed by atoms with Crippen LogP contribution in [0.1, 0.15) is 11.3 Å². The van der Waals surface area contributed by atoms with E-state index in [-0.39, 0.29) is 5.69 Å². The van der Waals surface area contributed by atoms with Crippen molar-refractivity contribution >= 4 is 22.6 Å². The van der Waals surface area contributed by atoms with Crippen molar-refractivity contribution in [3.8, 4) is 0 Å². The van der Waals surface area contributed by atoms with E-state index in [2.05, 4.69) is 4.98 Å². The molecule has 0 bridgehead atoms. The van der Waals surface area contributed by atoms with Crippen molar-refractivity contribution in [2.75, 3.05) is 0 Å². The van der Waals surface area contributed by atoms with Gasteiger partial charge in [-0.3, -0.25) is 0 Å². The van der Waals surface area contributed by atoms with Crippen molar-refractivity contribution in [3.05, 3.63) is 40.7 Å². The van der Waals surface area contributed by atoms with E-state index < -0.39 is 5.95 Å². The first-order chi connectivity index (χ1) is 4.61. The molecule has 10 heavy (non-hydrogen) atoms. The second-order valence-electron chi connectivity index (χ2n) is 1.73. The van der Waals surface area contributed by atoms with E-state index in [0.29, 0.717) is 9.13 Å². The summed E-state index contributed by atoms with van der Waals surface area (Å²) < 4.78 is 12.9. The highest BCUT2D eigenvalue weighted by molar-refractivity contribution is 14.1. The Labute approximate surface area is 72.8 Å². The first kappa shape index (κ1) is 7.91. The molecule has 0 amide bonds. The number of halogens is 2. The molecule has 0 aliphatic heterocycles. The third kappa shape index (κ3) is 1.45. The van der Waals surface area contributed by atoms with Crippen LogP contribution in [0.4, 0.5) is 4.39 Å². The lowest BCUT2D eigenvalue weighted by atomic mass is 10.2. The molecule has 0 saturated carbocycles. The van der Waals surface area contributed by atoms with Gasteiger partial charge in [0.2, 0.25) is 5.95 Å². The Morgan fingerprint density at radius 3 is 2.60 bits per heavy atom. The van der Waals surface area contributed by atoms with Crippen LogP contribution >= 0.6 is 22.6 Å². The summed E-state index contributed by atoms with van der Waals surface area (Å²) in [6.45, 7) is 10.6. The third-order valence-corrected chi connectivity index (χ3v) is 1.90. The zero-order chi connectivity index (χ0) is 7.72. The SMILES string of the molecule is [CH]c1nc(F)cc(I)c1[CH]. The van der Waals surface area contributed by atoms with Crippen LogP contribution < -0.4 is 0 Å². The molecule has 1 rings (SSSR count). The minimum absolute atomic E-state index is 0.0457. The summed E-state index contributed by atoms with van der Waals surface area (Å²) in [4.78, 5) is 3.32. The molecule has 1 nitrogen and oxygen atoms in total. The standard InChI is InChI=1S/C7H3FIN/c1-4-5(2)10-7(8)3-6(4)9/h1-3H. The second kappa shape index (κ2) is 2.82. The van der Waals surface area contributed by atoms with Gasteiger partial charge in [-0.2, -0.15) is 4.39 Å². The molecule has 4 radical (unpaired) electrons. The molecule has 0 N–H and O–H groups in total. The van der Waals surface area contributed by atoms with Crippen LogP contribution in [0.5, 0.6) is 0 Å². The first-order valence-electron chi connectivity index (χ1n) is 2.48. The summed E-state index contributed by atoms with van der Waals surface area (Å²) in [5.41, 5.74) is 0.381. The first-order valence-corrected chi connectivity index (χ1v) is 3.56. The van der Waals surface area contributed by atoms with E-state index in [9.17, 15) is 4.39 Å². The van der Waals surface area contributed by atoms with Crippen molar-refractivity contribution in [1.82, 2.24) is 4.98 Å². The van der Waals surface area contributed by atoms with Crippen molar-refractivity contribution in [2.24, 2.45) is 0 Å². The molecule has 1 aromatic heterocycles. The number of hydrogen-bond acceptors (Lipinski definition) is 1. The molecule has 0 unspecified atom stereocenters. The quantitative estimate of drug-likeness (QED) is 0.504. The fourth-order valence-corrected chi connectivity index (χ4v) is 1.05. The maximum absolute atomic E-state index is 12.4. The average molecular weight is 247 g/mol. The molecule has 0 saturated heterocycles. The molecule has 1 heterocycles. The Balaban J connectivity index is 3.31. The van der Waals surface area contributed by atoms with E-state index in [0.717, 1.165) is 0 Å². The minimum atomic E-state index is -0.601. The van der Waals surface area contributed by atoms with Crippen molar-refractivity contribution in [3.63, 3.8) is 0 Å².